The second kappa shape index (κ2) is 5.16. The van der Waals surface area contributed by atoms with E-state index < -0.39 is 29.8 Å². The second-order valence-corrected chi connectivity index (χ2v) is 3.41. The van der Waals surface area contributed by atoms with Gasteiger partial charge in [0.05, 0.1) is 5.92 Å². The first-order valence-electron chi connectivity index (χ1n) is 4.23. The average molecular weight is 237 g/mol. The predicted octanol–water partition coefficient (Wildman–Crippen LogP) is 3.33. The summed E-state index contributed by atoms with van der Waals surface area (Å²) in [6.07, 6.45) is -3.27. The molecule has 1 aromatic carbocycles. The van der Waals surface area contributed by atoms with Gasteiger partial charge in [-0.2, -0.15) is 0 Å². The van der Waals surface area contributed by atoms with Crippen molar-refractivity contribution in [1.29, 1.82) is 0 Å². The summed E-state index contributed by atoms with van der Waals surface area (Å²) in [6, 6.07) is 4.77. The Balaban J connectivity index is 2.89. The van der Waals surface area contributed by atoms with Gasteiger partial charge in [-0.1, -0.05) is 12.1 Å². The molecule has 0 amide bonds. The fraction of sp³-hybridized carbons (Fsp3) is 0.300. The molecule has 0 N–H and O–H groups in total. The molecule has 1 aromatic rings. The van der Waals surface area contributed by atoms with E-state index in [0.29, 0.717) is 5.56 Å². The van der Waals surface area contributed by atoms with Crippen LogP contribution < -0.4 is 0 Å². The lowest BCUT2D eigenvalue weighted by molar-refractivity contribution is -0.113. The van der Waals surface area contributed by atoms with Crippen LogP contribution >= 0.6 is 11.6 Å². The Hall–Kier alpha value is -1.03. The predicted molar refractivity (Wildman–Crippen MR) is 50.6 cm³/mol. The molecular weight excluding hydrogens is 229 g/mol. The van der Waals surface area contributed by atoms with Crippen LogP contribution in [0.3, 0.4) is 0 Å². The minimum absolute atomic E-state index is 0.303. The Bertz CT molecular complexity index is 337. The molecule has 0 heterocycles. The molecule has 0 bridgehead atoms. The fourth-order valence-corrected chi connectivity index (χ4v) is 1.45. The van der Waals surface area contributed by atoms with Crippen molar-refractivity contribution >= 4 is 16.8 Å². The maximum absolute atomic E-state index is 12.5. The van der Waals surface area contributed by atoms with E-state index in [1.165, 1.54) is 12.1 Å². The van der Waals surface area contributed by atoms with Crippen molar-refractivity contribution in [2.45, 2.75) is 18.8 Å². The molecule has 1 nitrogen and oxygen atoms in total. The van der Waals surface area contributed by atoms with E-state index in [2.05, 4.69) is 0 Å². The number of hydrogen-bond donors (Lipinski definition) is 0. The molecule has 1 rings (SSSR count). The highest BCUT2D eigenvalue weighted by Crippen LogP contribution is 2.25. The van der Waals surface area contributed by atoms with E-state index in [4.69, 9.17) is 11.6 Å². The molecule has 0 aliphatic heterocycles. The molecule has 15 heavy (non-hydrogen) atoms. The normalized spacial score (nSPS) is 12.9. The zero-order valence-corrected chi connectivity index (χ0v) is 8.35. The molecule has 82 valence electrons. The zero-order valence-electron chi connectivity index (χ0n) is 7.59. The number of carbonyl (C=O) groups excluding carboxylic acids is 1. The topological polar surface area (TPSA) is 17.1 Å². The van der Waals surface area contributed by atoms with Gasteiger partial charge < -0.3 is 0 Å². The first kappa shape index (κ1) is 12.0. The van der Waals surface area contributed by atoms with Crippen LogP contribution in [0.15, 0.2) is 24.3 Å². The van der Waals surface area contributed by atoms with Crippen molar-refractivity contribution in [2.24, 2.45) is 0 Å². The van der Waals surface area contributed by atoms with E-state index in [1.54, 1.807) is 0 Å². The smallest absolute Gasteiger partial charge is 0.239 e. The van der Waals surface area contributed by atoms with Crippen LogP contribution in [-0.4, -0.2) is 11.7 Å². The van der Waals surface area contributed by atoms with Gasteiger partial charge in [0.25, 0.3) is 0 Å². The first-order chi connectivity index (χ1) is 7.00. The summed E-state index contributed by atoms with van der Waals surface area (Å²) in [5.74, 6) is -1.57. The second-order valence-electron chi connectivity index (χ2n) is 3.04. The summed E-state index contributed by atoms with van der Waals surface area (Å²) in [5.41, 5.74) is 0.303. The van der Waals surface area contributed by atoms with Crippen LogP contribution in [0.4, 0.5) is 13.2 Å². The average Bonchev–Trinajstić information content (AvgIpc) is 2.15. The maximum atomic E-state index is 12.5. The van der Waals surface area contributed by atoms with Gasteiger partial charge in [0, 0.05) is 6.42 Å². The summed E-state index contributed by atoms with van der Waals surface area (Å²) in [4.78, 5) is 10.9. The van der Waals surface area contributed by atoms with Gasteiger partial charge >= 0.3 is 0 Å². The molecule has 0 saturated carbocycles. The van der Waals surface area contributed by atoms with Crippen molar-refractivity contribution < 1.29 is 18.0 Å². The highest BCUT2D eigenvalue weighted by atomic mass is 35.5. The summed E-state index contributed by atoms with van der Waals surface area (Å²) >= 11 is 5.20. The van der Waals surface area contributed by atoms with E-state index in [1.807, 2.05) is 0 Å². The quantitative estimate of drug-likeness (QED) is 0.733. The summed E-state index contributed by atoms with van der Waals surface area (Å²) in [5, 5.41) is -0.859. The van der Waals surface area contributed by atoms with Crippen molar-refractivity contribution in [2.75, 3.05) is 0 Å². The van der Waals surface area contributed by atoms with Gasteiger partial charge in [-0.25, -0.2) is 13.2 Å². The Kier molecular flexibility index (Phi) is 4.15. The SMILES string of the molecule is O=C(Cl)C(CC(F)F)c1ccc(F)cc1. The van der Waals surface area contributed by atoms with Crippen LogP contribution in [0.25, 0.3) is 0 Å². The molecule has 1 unspecified atom stereocenters. The van der Waals surface area contributed by atoms with Gasteiger partial charge in [0.2, 0.25) is 11.7 Å². The first-order valence-corrected chi connectivity index (χ1v) is 4.61. The lowest BCUT2D eigenvalue weighted by Gasteiger charge is -2.11. The Morgan fingerprint density at radius 2 is 1.80 bits per heavy atom. The molecule has 0 aromatic heterocycles. The number of halogens is 4. The maximum Gasteiger partial charge on any atom is 0.239 e. The largest absolute Gasteiger partial charge is 0.281 e. The molecule has 0 fully saturated rings. The van der Waals surface area contributed by atoms with Gasteiger partial charge in [0.1, 0.15) is 5.82 Å². The summed E-state index contributed by atoms with van der Waals surface area (Å²) < 4.78 is 36.8. The molecule has 0 aliphatic carbocycles. The third-order valence-electron chi connectivity index (χ3n) is 1.96. The van der Waals surface area contributed by atoms with Gasteiger partial charge in [-0.15, -0.1) is 0 Å². The standard InChI is InChI=1S/C10H8ClF3O/c11-10(15)8(5-9(13)14)6-1-3-7(12)4-2-6/h1-4,8-9H,5H2. The minimum atomic E-state index is -2.62. The van der Waals surface area contributed by atoms with Crippen molar-refractivity contribution in [3.05, 3.63) is 35.6 Å². The number of benzene rings is 1. The van der Waals surface area contributed by atoms with Crippen LogP contribution in [-0.2, 0) is 4.79 Å². The lowest BCUT2D eigenvalue weighted by atomic mass is 9.97. The van der Waals surface area contributed by atoms with E-state index in [9.17, 15) is 18.0 Å². The van der Waals surface area contributed by atoms with Crippen molar-refractivity contribution in [3.8, 4) is 0 Å². The number of rotatable bonds is 4. The summed E-state index contributed by atoms with van der Waals surface area (Å²) in [7, 11) is 0. The van der Waals surface area contributed by atoms with E-state index in [-0.39, 0.29) is 0 Å². The highest BCUT2D eigenvalue weighted by Gasteiger charge is 2.22. The monoisotopic (exact) mass is 236 g/mol. The van der Waals surface area contributed by atoms with Crippen LogP contribution in [0.1, 0.15) is 17.9 Å². The number of alkyl halides is 2. The third-order valence-corrected chi connectivity index (χ3v) is 2.22. The number of carbonyl (C=O) groups is 1. The fourth-order valence-electron chi connectivity index (χ4n) is 1.23. The molecule has 0 saturated heterocycles. The molecule has 5 heteroatoms. The Labute approximate surface area is 89.9 Å². The third kappa shape index (κ3) is 3.55. The number of hydrogen-bond acceptors (Lipinski definition) is 1. The van der Waals surface area contributed by atoms with Crippen molar-refractivity contribution in [3.63, 3.8) is 0 Å². The van der Waals surface area contributed by atoms with Crippen LogP contribution in [0.5, 0.6) is 0 Å². The minimum Gasteiger partial charge on any atom is -0.281 e. The molecular formula is C10H8ClF3O. The zero-order chi connectivity index (χ0) is 11.4. The summed E-state index contributed by atoms with van der Waals surface area (Å²) in [6.45, 7) is 0. The lowest BCUT2D eigenvalue weighted by Crippen LogP contribution is -2.11. The molecule has 1 atom stereocenters. The highest BCUT2D eigenvalue weighted by molar-refractivity contribution is 6.64. The molecule has 0 radical (unpaired) electrons. The van der Waals surface area contributed by atoms with Gasteiger partial charge in [0.15, 0.2) is 0 Å². The van der Waals surface area contributed by atoms with Gasteiger partial charge in [-0.3, -0.25) is 4.79 Å². The van der Waals surface area contributed by atoms with Crippen molar-refractivity contribution in [1.82, 2.24) is 0 Å². The van der Waals surface area contributed by atoms with Crippen LogP contribution in [0, 0.1) is 5.82 Å². The van der Waals surface area contributed by atoms with E-state index >= 15 is 0 Å². The van der Waals surface area contributed by atoms with E-state index in [0.717, 1.165) is 12.1 Å². The van der Waals surface area contributed by atoms with Crippen LogP contribution in [0.2, 0.25) is 0 Å². The Morgan fingerprint density at radius 1 is 1.27 bits per heavy atom. The molecule has 0 aliphatic rings. The Morgan fingerprint density at radius 3 is 2.20 bits per heavy atom. The van der Waals surface area contributed by atoms with Gasteiger partial charge in [-0.05, 0) is 29.3 Å². The molecule has 0 spiro atoms.